The van der Waals surface area contributed by atoms with Crippen LogP contribution in [-0.2, 0) is 0 Å². The minimum absolute atomic E-state index is 0.410. The van der Waals surface area contributed by atoms with Gasteiger partial charge in [0.25, 0.3) is 0 Å². The third-order valence-corrected chi connectivity index (χ3v) is 3.45. The Morgan fingerprint density at radius 3 is 2.62 bits per heavy atom. The van der Waals surface area contributed by atoms with Gasteiger partial charge in [-0.05, 0) is 37.3 Å². The summed E-state index contributed by atoms with van der Waals surface area (Å²) in [6.07, 6.45) is 1.42. The predicted molar refractivity (Wildman–Crippen MR) is 83.9 cm³/mol. The van der Waals surface area contributed by atoms with Gasteiger partial charge in [-0.15, -0.1) is 0 Å². The first kappa shape index (κ1) is 13.2. The number of carbonyl (C=O) groups excluding carboxylic acids is 1. The number of aromatic nitrogens is 1. The number of rotatable bonds is 2. The van der Waals surface area contributed by atoms with Crippen LogP contribution in [0.1, 0.15) is 5.56 Å². The third-order valence-electron chi connectivity index (χ3n) is 3.45. The molecule has 0 aliphatic carbocycles. The van der Waals surface area contributed by atoms with E-state index in [2.05, 4.69) is 4.98 Å². The fourth-order valence-electron chi connectivity index (χ4n) is 2.18. The summed E-state index contributed by atoms with van der Waals surface area (Å²) in [5, 5.41) is 0.892. The van der Waals surface area contributed by atoms with Gasteiger partial charge in [-0.1, -0.05) is 23.8 Å². The molecule has 0 aliphatic rings. The largest absolute Gasteiger partial charge is 0.419 e. The minimum atomic E-state index is -0.410. The van der Waals surface area contributed by atoms with E-state index < -0.39 is 6.09 Å². The summed E-state index contributed by atoms with van der Waals surface area (Å²) in [5.41, 5.74) is 2.89. The molecule has 3 aromatic rings. The van der Waals surface area contributed by atoms with Crippen LogP contribution in [0.15, 0.2) is 54.7 Å². The van der Waals surface area contributed by atoms with E-state index in [0.29, 0.717) is 5.75 Å². The Morgan fingerprint density at radius 1 is 1.10 bits per heavy atom. The zero-order chi connectivity index (χ0) is 14.8. The molecule has 21 heavy (non-hydrogen) atoms. The van der Waals surface area contributed by atoms with Gasteiger partial charge in [0.15, 0.2) is 0 Å². The summed E-state index contributed by atoms with van der Waals surface area (Å²) in [6, 6.07) is 15.2. The SMILES string of the molecule is Cc1ccc(N(C)C(=O)Oc2cccc3[nH]ccc23)cc1. The lowest BCUT2D eigenvalue weighted by atomic mass is 10.2. The van der Waals surface area contributed by atoms with Crippen LogP contribution in [0.4, 0.5) is 10.5 Å². The maximum absolute atomic E-state index is 12.3. The van der Waals surface area contributed by atoms with Gasteiger partial charge in [-0.2, -0.15) is 0 Å². The number of carbonyl (C=O) groups is 1. The smallest absolute Gasteiger partial charge is 0.409 e. The maximum Gasteiger partial charge on any atom is 0.419 e. The second-order valence-corrected chi connectivity index (χ2v) is 4.96. The molecule has 0 radical (unpaired) electrons. The van der Waals surface area contributed by atoms with Gasteiger partial charge in [-0.3, -0.25) is 4.90 Å². The highest BCUT2D eigenvalue weighted by Crippen LogP contribution is 2.25. The van der Waals surface area contributed by atoms with Crippen molar-refractivity contribution >= 4 is 22.7 Å². The molecule has 1 aromatic heterocycles. The van der Waals surface area contributed by atoms with Crippen LogP contribution in [0.2, 0.25) is 0 Å². The molecule has 0 saturated heterocycles. The summed E-state index contributed by atoms with van der Waals surface area (Å²) >= 11 is 0. The molecule has 4 nitrogen and oxygen atoms in total. The number of hydrogen-bond donors (Lipinski definition) is 1. The van der Waals surface area contributed by atoms with Crippen molar-refractivity contribution in [3.63, 3.8) is 0 Å². The number of hydrogen-bond acceptors (Lipinski definition) is 2. The normalized spacial score (nSPS) is 10.6. The first-order valence-corrected chi connectivity index (χ1v) is 6.73. The third kappa shape index (κ3) is 2.60. The van der Waals surface area contributed by atoms with E-state index in [9.17, 15) is 4.79 Å². The van der Waals surface area contributed by atoms with Gasteiger partial charge >= 0.3 is 6.09 Å². The molecular weight excluding hydrogens is 264 g/mol. The van der Waals surface area contributed by atoms with Crippen LogP contribution < -0.4 is 9.64 Å². The Morgan fingerprint density at radius 2 is 1.86 bits per heavy atom. The lowest BCUT2D eigenvalue weighted by molar-refractivity contribution is 0.209. The number of aromatic amines is 1. The highest BCUT2D eigenvalue weighted by atomic mass is 16.6. The van der Waals surface area contributed by atoms with Crippen molar-refractivity contribution in [3.05, 3.63) is 60.3 Å². The lowest BCUT2D eigenvalue weighted by Crippen LogP contribution is -2.29. The molecule has 2 aromatic carbocycles. The summed E-state index contributed by atoms with van der Waals surface area (Å²) in [4.78, 5) is 16.8. The summed E-state index contributed by atoms with van der Waals surface area (Å²) in [7, 11) is 1.70. The molecule has 1 heterocycles. The number of aryl methyl sites for hydroxylation is 1. The maximum atomic E-state index is 12.3. The Hall–Kier alpha value is -2.75. The summed E-state index contributed by atoms with van der Waals surface area (Å²) in [6.45, 7) is 2.01. The zero-order valence-electron chi connectivity index (χ0n) is 12.0. The number of nitrogens with one attached hydrogen (secondary N) is 1. The molecule has 3 rings (SSSR count). The number of benzene rings is 2. The molecule has 0 bridgehead atoms. The number of ether oxygens (including phenoxy) is 1. The fraction of sp³-hybridized carbons (Fsp3) is 0.118. The Kier molecular flexibility index (Phi) is 3.36. The van der Waals surface area contributed by atoms with E-state index in [1.54, 1.807) is 13.1 Å². The van der Waals surface area contributed by atoms with E-state index in [1.807, 2.05) is 55.6 Å². The standard InChI is InChI=1S/C17H16N2O2/c1-12-6-8-13(9-7-12)19(2)17(20)21-16-5-3-4-15-14(16)10-11-18-15/h3-11,18H,1-2H3. The molecule has 0 aliphatic heterocycles. The van der Waals surface area contributed by atoms with Crippen LogP contribution in [-0.4, -0.2) is 18.1 Å². The van der Waals surface area contributed by atoms with Crippen molar-refractivity contribution < 1.29 is 9.53 Å². The number of H-pyrrole nitrogens is 1. The van der Waals surface area contributed by atoms with E-state index in [4.69, 9.17) is 4.74 Å². The first-order valence-electron chi connectivity index (χ1n) is 6.73. The van der Waals surface area contributed by atoms with E-state index in [1.165, 1.54) is 4.90 Å². The van der Waals surface area contributed by atoms with Crippen molar-refractivity contribution in [2.45, 2.75) is 6.92 Å². The molecule has 0 saturated carbocycles. The van der Waals surface area contributed by atoms with Gasteiger partial charge in [0, 0.05) is 29.8 Å². The topological polar surface area (TPSA) is 45.3 Å². The predicted octanol–water partition coefficient (Wildman–Crippen LogP) is 4.11. The average molecular weight is 280 g/mol. The van der Waals surface area contributed by atoms with Crippen LogP contribution in [0, 0.1) is 6.92 Å². The summed E-state index contributed by atoms with van der Waals surface area (Å²) in [5.74, 6) is 0.553. The Labute approximate surface area is 123 Å². The second kappa shape index (κ2) is 5.32. The van der Waals surface area contributed by atoms with Gasteiger partial charge in [0.1, 0.15) is 5.75 Å². The van der Waals surface area contributed by atoms with Crippen LogP contribution in [0.3, 0.4) is 0 Å². The van der Waals surface area contributed by atoms with Gasteiger partial charge < -0.3 is 9.72 Å². The molecule has 0 spiro atoms. The molecule has 1 N–H and O–H groups in total. The monoisotopic (exact) mass is 280 g/mol. The number of amides is 1. The molecule has 0 unspecified atom stereocenters. The number of fused-ring (bicyclic) bond motifs is 1. The van der Waals surface area contributed by atoms with Gasteiger partial charge in [0.2, 0.25) is 0 Å². The minimum Gasteiger partial charge on any atom is -0.409 e. The van der Waals surface area contributed by atoms with Crippen LogP contribution >= 0.6 is 0 Å². The molecular formula is C17H16N2O2. The average Bonchev–Trinajstić information content (AvgIpc) is 2.97. The van der Waals surface area contributed by atoms with Crippen molar-refractivity contribution in [1.29, 1.82) is 0 Å². The molecule has 1 amide bonds. The number of nitrogens with zero attached hydrogens (tertiary/aromatic N) is 1. The van der Waals surface area contributed by atoms with E-state index in [0.717, 1.165) is 22.2 Å². The highest BCUT2D eigenvalue weighted by Gasteiger charge is 2.14. The van der Waals surface area contributed by atoms with Gasteiger partial charge in [0.05, 0.1) is 0 Å². The van der Waals surface area contributed by atoms with Crippen LogP contribution in [0.25, 0.3) is 10.9 Å². The second-order valence-electron chi connectivity index (χ2n) is 4.96. The van der Waals surface area contributed by atoms with Gasteiger partial charge in [-0.25, -0.2) is 4.79 Å². The van der Waals surface area contributed by atoms with Crippen molar-refractivity contribution in [1.82, 2.24) is 4.98 Å². The van der Waals surface area contributed by atoms with Crippen LogP contribution in [0.5, 0.6) is 5.75 Å². The van der Waals surface area contributed by atoms with Crippen molar-refractivity contribution in [2.24, 2.45) is 0 Å². The number of anilines is 1. The quantitative estimate of drug-likeness (QED) is 0.767. The van der Waals surface area contributed by atoms with E-state index >= 15 is 0 Å². The molecule has 0 atom stereocenters. The highest BCUT2D eigenvalue weighted by molar-refractivity contribution is 5.93. The zero-order valence-corrected chi connectivity index (χ0v) is 12.0. The Balaban J connectivity index is 1.82. The molecule has 106 valence electrons. The van der Waals surface area contributed by atoms with Crippen molar-refractivity contribution in [2.75, 3.05) is 11.9 Å². The molecule has 4 heteroatoms. The fourth-order valence-corrected chi connectivity index (χ4v) is 2.18. The first-order chi connectivity index (χ1) is 10.1. The lowest BCUT2D eigenvalue weighted by Gasteiger charge is -2.17. The molecule has 0 fully saturated rings. The summed E-state index contributed by atoms with van der Waals surface area (Å²) < 4.78 is 5.50. The van der Waals surface area contributed by atoms with Crippen molar-refractivity contribution in [3.8, 4) is 5.75 Å². The Bertz CT molecular complexity index is 775. The van der Waals surface area contributed by atoms with E-state index in [-0.39, 0.29) is 0 Å².